The molecule has 0 amide bonds. The molecular formula is C59H64Cl2Zr-2. The Morgan fingerprint density at radius 1 is 0.548 bits per heavy atom. The third-order valence-electron chi connectivity index (χ3n) is 11.4. The molecular weight excluding hydrogens is 871 g/mol. The van der Waals surface area contributed by atoms with Crippen molar-refractivity contribution in [3.05, 3.63) is 197 Å². The van der Waals surface area contributed by atoms with Gasteiger partial charge in [0.1, 0.15) is 0 Å². The topological polar surface area (TPSA) is 0 Å². The number of hydrogen-bond donors (Lipinski definition) is 0. The van der Waals surface area contributed by atoms with Gasteiger partial charge in [0, 0.05) is 0 Å². The van der Waals surface area contributed by atoms with Gasteiger partial charge in [-0.2, -0.15) is 6.08 Å². The van der Waals surface area contributed by atoms with Crippen molar-refractivity contribution in [3.8, 4) is 22.3 Å². The predicted molar refractivity (Wildman–Crippen MR) is 260 cm³/mol. The number of aryl methyl sites for hydroxylation is 2. The number of benzene rings is 6. The maximum atomic E-state index is 2.99. The van der Waals surface area contributed by atoms with Crippen LogP contribution in [0.5, 0.6) is 0 Å². The van der Waals surface area contributed by atoms with Gasteiger partial charge in [-0.25, -0.2) is 12.2 Å². The van der Waals surface area contributed by atoms with E-state index in [2.05, 4.69) is 207 Å². The summed E-state index contributed by atoms with van der Waals surface area (Å²) >= 11 is 1.55. The maximum absolute atomic E-state index is 2.99. The molecule has 0 unspecified atom stereocenters. The van der Waals surface area contributed by atoms with Crippen LogP contribution in [0, 0.1) is 6.08 Å². The summed E-state index contributed by atoms with van der Waals surface area (Å²) in [6.45, 7) is 18.7. The van der Waals surface area contributed by atoms with Gasteiger partial charge in [-0.1, -0.05) is 129 Å². The average Bonchev–Trinajstić information content (AvgIpc) is 3.93. The molecule has 0 radical (unpaired) electrons. The molecule has 0 nitrogen and oxygen atoms in total. The van der Waals surface area contributed by atoms with E-state index in [9.17, 15) is 0 Å². The molecule has 0 fully saturated rings. The minimum atomic E-state index is 0. The van der Waals surface area contributed by atoms with Crippen LogP contribution in [0.1, 0.15) is 108 Å². The normalized spacial score (nSPS) is 11.9. The van der Waals surface area contributed by atoms with Crippen LogP contribution in [-0.2, 0) is 60.7 Å². The van der Waals surface area contributed by atoms with Gasteiger partial charge < -0.3 is 24.8 Å². The molecule has 0 spiro atoms. The first-order valence-electron chi connectivity index (χ1n) is 22.1. The van der Waals surface area contributed by atoms with Gasteiger partial charge in [0.15, 0.2) is 0 Å². The van der Waals surface area contributed by atoms with Gasteiger partial charge in [0.25, 0.3) is 0 Å². The zero-order valence-electron chi connectivity index (χ0n) is 38.2. The average molecular weight is 935 g/mol. The Bertz CT molecular complexity index is 2380. The fourth-order valence-corrected chi connectivity index (χ4v) is 9.42. The van der Waals surface area contributed by atoms with E-state index in [4.69, 9.17) is 0 Å². The van der Waals surface area contributed by atoms with Crippen LogP contribution >= 0.6 is 0 Å². The Kier molecular flexibility index (Phi) is 19.3. The monoisotopic (exact) mass is 932 g/mol. The molecule has 0 bridgehead atoms. The number of hydrogen-bond acceptors (Lipinski definition) is 0. The molecule has 0 saturated heterocycles. The zero-order valence-corrected chi connectivity index (χ0v) is 42.2. The molecule has 1 aliphatic carbocycles. The summed E-state index contributed by atoms with van der Waals surface area (Å²) in [6.07, 6.45) is 16.8. The first-order valence-corrected chi connectivity index (χ1v) is 23.3. The van der Waals surface area contributed by atoms with Gasteiger partial charge >= 0.3 is 112 Å². The molecule has 0 heterocycles. The van der Waals surface area contributed by atoms with E-state index in [1.54, 1.807) is 27.4 Å². The van der Waals surface area contributed by atoms with Crippen LogP contribution in [-0.4, -0.2) is 3.21 Å². The van der Waals surface area contributed by atoms with Crippen molar-refractivity contribution in [1.29, 1.82) is 0 Å². The molecule has 0 aliphatic heterocycles. The van der Waals surface area contributed by atoms with Gasteiger partial charge in [-0.15, -0.1) is 46.2 Å². The predicted octanol–water partition coefficient (Wildman–Crippen LogP) is 10.1. The van der Waals surface area contributed by atoms with Crippen molar-refractivity contribution in [2.75, 3.05) is 0 Å². The molecule has 320 valence electrons. The SMILES string of the molecule is CCCc1ccccc1-c1cc2[cH-]c3cc(-c4ccccc4CCC)c(C(C)(C)C)cc3c2cc1C(C)(C)C.[C-]1=CC=CC1.[Cl-].[Cl-].[Zr+2]=[C](Cc1ccccc1)Cc1ccccc1. The van der Waals surface area contributed by atoms with E-state index in [-0.39, 0.29) is 35.6 Å². The summed E-state index contributed by atoms with van der Waals surface area (Å²) in [5, 5.41) is 5.45. The zero-order chi connectivity index (χ0) is 42.7. The number of rotatable bonds is 10. The minimum absolute atomic E-state index is 0. The summed E-state index contributed by atoms with van der Waals surface area (Å²) < 4.78 is 1.60. The van der Waals surface area contributed by atoms with Crippen LogP contribution in [0.15, 0.2) is 158 Å². The molecule has 7 aromatic carbocycles. The van der Waals surface area contributed by atoms with Crippen LogP contribution in [0.4, 0.5) is 0 Å². The fourth-order valence-electron chi connectivity index (χ4n) is 8.42. The summed E-state index contributed by atoms with van der Waals surface area (Å²) in [5.74, 6) is 0. The van der Waals surface area contributed by atoms with Crippen LogP contribution in [0.2, 0.25) is 0 Å². The van der Waals surface area contributed by atoms with Gasteiger partial charge in [-0.05, 0) is 68.2 Å². The first kappa shape index (κ1) is 50.6. The van der Waals surface area contributed by atoms with Crippen molar-refractivity contribution in [3.63, 3.8) is 0 Å². The van der Waals surface area contributed by atoms with Crippen molar-refractivity contribution >= 4 is 24.8 Å². The van der Waals surface area contributed by atoms with Crippen molar-refractivity contribution in [2.45, 2.75) is 111 Å². The second-order valence-electron chi connectivity index (χ2n) is 18.4. The standard InChI is InChI=1S/C39H45.C15H14.C5H5.2ClH.Zr/c1-9-15-26-17-11-13-19-30(26)34-22-28-21-29-23-35(31-20-14-12-18-27(31)16-10-2)37(39(6,7)8)25-33(29)32(28)24-36(34)38(3,4)5;1-3-8-14(9-4-1)12-7-13-15-10-5-2-6-11-15;1-2-4-5-3-1;;;/h11-14,17-25H,9-10,15-16H2,1-8H3;1-6,8-11H,12-13H2;1-3H,4H2;2*1H;/q-1;;-1;;;+2/p-2. The third-order valence-corrected chi connectivity index (χ3v) is 12.2. The van der Waals surface area contributed by atoms with E-state index in [1.807, 2.05) is 12.2 Å². The summed E-state index contributed by atoms with van der Waals surface area (Å²) in [5.41, 5.74) is 14.2. The molecule has 0 N–H and O–H groups in total. The number of fused-ring (bicyclic) bond motifs is 3. The Balaban J connectivity index is 0.000000302. The molecule has 8 rings (SSSR count). The van der Waals surface area contributed by atoms with Crippen molar-refractivity contribution in [1.82, 2.24) is 0 Å². The Labute approximate surface area is 401 Å². The molecule has 7 aromatic rings. The van der Waals surface area contributed by atoms with Crippen LogP contribution < -0.4 is 24.8 Å². The fraction of sp³-hybridized carbons (Fsp3) is 0.288. The molecule has 1 aliphatic rings. The number of allylic oxidation sites excluding steroid dienone is 4. The van der Waals surface area contributed by atoms with E-state index in [1.165, 1.54) is 77.2 Å². The molecule has 0 aromatic heterocycles. The van der Waals surface area contributed by atoms with Crippen LogP contribution in [0.3, 0.4) is 0 Å². The summed E-state index contributed by atoms with van der Waals surface area (Å²) in [6, 6.07) is 51.8. The van der Waals surface area contributed by atoms with E-state index >= 15 is 0 Å². The second kappa shape index (κ2) is 23.6. The molecule has 0 atom stereocenters. The van der Waals surface area contributed by atoms with Gasteiger partial charge in [0.05, 0.1) is 0 Å². The van der Waals surface area contributed by atoms with Crippen molar-refractivity contribution < 1.29 is 49.0 Å². The summed E-state index contributed by atoms with van der Waals surface area (Å²) in [4.78, 5) is 0. The second-order valence-corrected chi connectivity index (χ2v) is 20.1. The quantitative estimate of drug-likeness (QED) is 0.120. The Morgan fingerprint density at radius 2 is 0.952 bits per heavy atom. The number of halogens is 2. The molecule has 3 heteroatoms. The van der Waals surface area contributed by atoms with E-state index in [0.717, 1.165) is 44.9 Å². The molecule has 0 saturated carbocycles. The molecule has 62 heavy (non-hydrogen) atoms. The van der Waals surface area contributed by atoms with E-state index < -0.39 is 0 Å². The van der Waals surface area contributed by atoms with Gasteiger partial charge in [-0.3, -0.25) is 6.08 Å². The first-order chi connectivity index (χ1) is 28.9. The van der Waals surface area contributed by atoms with Crippen LogP contribution in [0.25, 0.3) is 43.8 Å². The third kappa shape index (κ3) is 13.3. The van der Waals surface area contributed by atoms with Crippen molar-refractivity contribution in [2.24, 2.45) is 0 Å². The Hall–Kier alpha value is -4.00. The van der Waals surface area contributed by atoms with E-state index in [0.29, 0.717) is 0 Å². The summed E-state index contributed by atoms with van der Waals surface area (Å²) in [7, 11) is 0. The Morgan fingerprint density at radius 3 is 1.29 bits per heavy atom. The van der Waals surface area contributed by atoms with Gasteiger partial charge in [0.2, 0.25) is 0 Å².